The van der Waals surface area contributed by atoms with E-state index in [9.17, 15) is 14.0 Å². The molecule has 3 rings (SSSR count). The van der Waals surface area contributed by atoms with Crippen LogP contribution in [0.25, 0.3) is 21.9 Å². The molecule has 0 amide bonds. The molecule has 0 bridgehead atoms. The number of hydrogen-bond donors (Lipinski definition) is 2. The summed E-state index contributed by atoms with van der Waals surface area (Å²) in [6.07, 6.45) is 0. The van der Waals surface area contributed by atoms with E-state index in [1.165, 1.54) is 18.2 Å². The molecule has 2 heterocycles. The highest BCUT2D eigenvalue weighted by atomic mass is 19.1. The van der Waals surface area contributed by atoms with Crippen LogP contribution < -0.4 is 5.63 Å². The second kappa shape index (κ2) is 3.43. The van der Waals surface area contributed by atoms with Gasteiger partial charge in [0.15, 0.2) is 0 Å². The molecule has 0 saturated carbocycles. The lowest BCUT2D eigenvalue weighted by molar-refractivity contribution is 0.0691. The van der Waals surface area contributed by atoms with Crippen LogP contribution in [0.1, 0.15) is 10.5 Å². The highest BCUT2D eigenvalue weighted by Gasteiger charge is 2.14. The van der Waals surface area contributed by atoms with Crippen molar-refractivity contribution in [2.24, 2.45) is 0 Å². The first-order valence-corrected chi connectivity index (χ1v) is 5.04. The zero-order valence-electron chi connectivity index (χ0n) is 8.86. The van der Waals surface area contributed by atoms with Crippen LogP contribution in [-0.2, 0) is 0 Å². The molecule has 0 fully saturated rings. The van der Waals surface area contributed by atoms with Gasteiger partial charge in [-0.1, -0.05) is 0 Å². The maximum absolute atomic E-state index is 13.2. The van der Waals surface area contributed by atoms with Gasteiger partial charge in [-0.25, -0.2) is 14.0 Å². The van der Waals surface area contributed by atoms with Crippen molar-refractivity contribution in [3.05, 3.63) is 46.2 Å². The Balaban J connectivity index is 2.55. The van der Waals surface area contributed by atoms with Crippen LogP contribution in [0.5, 0.6) is 0 Å². The summed E-state index contributed by atoms with van der Waals surface area (Å²) in [6, 6.07) is 4.85. The summed E-state index contributed by atoms with van der Waals surface area (Å²) in [4.78, 5) is 25.1. The summed E-state index contributed by atoms with van der Waals surface area (Å²) in [5.41, 5.74) is -0.340. The number of hydrogen-bond acceptors (Lipinski definition) is 3. The normalized spacial score (nSPS) is 11.2. The molecular formula is C12H6FNO4. The zero-order chi connectivity index (χ0) is 12.9. The number of carboxylic acids is 1. The molecule has 1 aromatic carbocycles. The Morgan fingerprint density at radius 3 is 2.78 bits per heavy atom. The van der Waals surface area contributed by atoms with Gasteiger partial charge >= 0.3 is 11.6 Å². The second-order valence-corrected chi connectivity index (χ2v) is 3.81. The fraction of sp³-hybridized carbons (Fsp3) is 0. The smallest absolute Gasteiger partial charge is 0.352 e. The quantitative estimate of drug-likeness (QED) is 0.645. The minimum atomic E-state index is -1.20. The molecular weight excluding hydrogens is 241 g/mol. The van der Waals surface area contributed by atoms with Gasteiger partial charge in [0, 0.05) is 5.39 Å². The fourth-order valence-electron chi connectivity index (χ4n) is 1.88. The molecule has 6 heteroatoms. The number of benzene rings is 1. The molecule has 0 aliphatic heterocycles. The van der Waals surface area contributed by atoms with Crippen molar-refractivity contribution in [2.45, 2.75) is 0 Å². The number of aromatic nitrogens is 1. The highest BCUT2D eigenvalue weighted by molar-refractivity contribution is 6.05. The minimum Gasteiger partial charge on any atom is -0.477 e. The maximum atomic E-state index is 13.2. The zero-order valence-corrected chi connectivity index (χ0v) is 8.86. The highest BCUT2D eigenvalue weighted by Crippen LogP contribution is 2.23. The molecule has 0 aliphatic rings. The summed E-state index contributed by atoms with van der Waals surface area (Å²) in [5.74, 6) is -1.70. The largest absolute Gasteiger partial charge is 0.477 e. The van der Waals surface area contributed by atoms with Crippen LogP contribution in [0.15, 0.2) is 33.5 Å². The van der Waals surface area contributed by atoms with E-state index in [0.717, 1.165) is 6.07 Å². The number of halogens is 1. The van der Waals surface area contributed by atoms with Crippen molar-refractivity contribution in [3.8, 4) is 0 Å². The van der Waals surface area contributed by atoms with Crippen molar-refractivity contribution >= 4 is 27.8 Å². The minimum absolute atomic E-state index is 0.0884. The Labute approximate surface area is 98.5 Å². The van der Waals surface area contributed by atoms with E-state index < -0.39 is 17.4 Å². The van der Waals surface area contributed by atoms with Crippen LogP contribution in [0.2, 0.25) is 0 Å². The fourth-order valence-corrected chi connectivity index (χ4v) is 1.88. The Kier molecular flexibility index (Phi) is 2.00. The summed E-state index contributed by atoms with van der Waals surface area (Å²) in [7, 11) is 0. The number of aromatic amines is 1. The maximum Gasteiger partial charge on any atom is 0.352 e. The van der Waals surface area contributed by atoms with Crippen LogP contribution in [0.3, 0.4) is 0 Å². The van der Waals surface area contributed by atoms with Crippen LogP contribution in [0.4, 0.5) is 4.39 Å². The van der Waals surface area contributed by atoms with Crippen molar-refractivity contribution in [2.75, 3.05) is 0 Å². The SMILES string of the molecule is O=C(O)c1cc2c(=O)oc3ccc(F)cc3c2[nH]1. The van der Waals surface area contributed by atoms with Gasteiger partial charge in [-0.2, -0.15) is 0 Å². The van der Waals surface area contributed by atoms with E-state index in [0.29, 0.717) is 5.39 Å². The summed E-state index contributed by atoms with van der Waals surface area (Å²) in [6.45, 7) is 0. The van der Waals surface area contributed by atoms with Gasteiger partial charge in [-0.05, 0) is 24.3 Å². The van der Waals surface area contributed by atoms with E-state index in [2.05, 4.69) is 4.98 Å². The molecule has 18 heavy (non-hydrogen) atoms. The third kappa shape index (κ3) is 1.39. The van der Waals surface area contributed by atoms with Gasteiger partial charge in [0.2, 0.25) is 0 Å². The van der Waals surface area contributed by atoms with E-state index in [1.807, 2.05) is 0 Å². The topological polar surface area (TPSA) is 83.3 Å². The molecule has 5 nitrogen and oxygen atoms in total. The van der Waals surface area contributed by atoms with E-state index in [-0.39, 0.29) is 22.2 Å². The molecule has 0 atom stereocenters. The van der Waals surface area contributed by atoms with Crippen LogP contribution in [0, 0.1) is 5.82 Å². The number of rotatable bonds is 1. The monoisotopic (exact) mass is 247 g/mol. The third-order valence-corrected chi connectivity index (χ3v) is 2.68. The Morgan fingerprint density at radius 2 is 2.06 bits per heavy atom. The number of nitrogens with one attached hydrogen (secondary N) is 1. The predicted molar refractivity (Wildman–Crippen MR) is 61.3 cm³/mol. The third-order valence-electron chi connectivity index (χ3n) is 2.68. The first-order chi connectivity index (χ1) is 8.56. The Hall–Kier alpha value is -2.63. The van der Waals surface area contributed by atoms with E-state index >= 15 is 0 Å². The summed E-state index contributed by atoms with van der Waals surface area (Å²) in [5, 5.41) is 9.28. The average Bonchev–Trinajstić information content (AvgIpc) is 2.76. The molecule has 0 radical (unpaired) electrons. The van der Waals surface area contributed by atoms with Crippen molar-refractivity contribution in [1.29, 1.82) is 0 Å². The lowest BCUT2D eigenvalue weighted by Crippen LogP contribution is -1.98. The van der Waals surface area contributed by atoms with Crippen molar-refractivity contribution in [3.63, 3.8) is 0 Å². The van der Waals surface area contributed by atoms with Crippen molar-refractivity contribution < 1.29 is 18.7 Å². The van der Waals surface area contributed by atoms with Gasteiger partial charge in [0.25, 0.3) is 0 Å². The Bertz CT molecular complexity index is 846. The second-order valence-electron chi connectivity index (χ2n) is 3.81. The molecule has 0 unspecified atom stereocenters. The number of carbonyl (C=O) groups is 1. The standard InChI is InChI=1S/C12H6FNO4/c13-5-1-2-9-6(3-5)10-7(12(17)18-9)4-8(14-10)11(15)16/h1-4,14H,(H,15,16). The van der Waals surface area contributed by atoms with Gasteiger partial charge in [-0.3, -0.25) is 0 Å². The van der Waals surface area contributed by atoms with Gasteiger partial charge < -0.3 is 14.5 Å². The first kappa shape index (κ1) is 10.5. The number of aromatic carboxylic acids is 1. The average molecular weight is 247 g/mol. The first-order valence-electron chi connectivity index (χ1n) is 5.04. The molecule has 2 N–H and O–H groups in total. The lowest BCUT2D eigenvalue weighted by Gasteiger charge is -1.98. The van der Waals surface area contributed by atoms with E-state index in [4.69, 9.17) is 9.52 Å². The van der Waals surface area contributed by atoms with Crippen LogP contribution in [-0.4, -0.2) is 16.1 Å². The van der Waals surface area contributed by atoms with Crippen LogP contribution >= 0.6 is 0 Å². The lowest BCUT2D eigenvalue weighted by atomic mass is 10.2. The number of H-pyrrole nitrogens is 1. The van der Waals surface area contributed by atoms with Gasteiger partial charge in [0.1, 0.15) is 17.1 Å². The number of carboxylic acid groups (broad SMARTS) is 1. The predicted octanol–water partition coefficient (Wildman–Crippen LogP) is 2.11. The molecule has 2 aromatic heterocycles. The summed E-state index contributed by atoms with van der Waals surface area (Å²) >= 11 is 0. The molecule has 0 spiro atoms. The van der Waals surface area contributed by atoms with Gasteiger partial charge in [-0.15, -0.1) is 0 Å². The van der Waals surface area contributed by atoms with Gasteiger partial charge in [0.05, 0.1) is 10.9 Å². The Morgan fingerprint density at radius 1 is 1.28 bits per heavy atom. The molecule has 3 aromatic rings. The van der Waals surface area contributed by atoms with E-state index in [1.54, 1.807) is 0 Å². The molecule has 0 aliphatic carbocycles. The molecule has 0 saturated heterocycles. The van der Waals surface area contributed by atoms with Crippen molar-refractivity contribution in [1.82, 2.24) is 4.98 Å². The molecule has 90 valence electrons. The number of fused-ring (bicyclic) bond motifs is 3. The summed E-state index contributed by atoms with van der Waals surface area (Å²) < 4.78 is 18.2.